The van der Waals surface area contributed by atoms with Gasteiger partial charge in [-0.3, -0.25) is 0 Å². The maximum absolute atomic E-state index is 12.4. The first-order valence-electron chi connectivity index (χ1n) is 6.87. The molecule has 0 aliphatic rings. The molecule has 21 heavy (non-hydrogen) atoms. The third-order valence-electron chi connectivity index (χ3n) is 3.12. The van der Waals surface area contributed by atoms with Crippen LogP contribution in [-0.2, 0) is 16.6 Å². The van der Waals surface area contributed by atoms with Gasteiger partial charge in [-0.25, -0.2) is 13.1 Å². The Kier molecular flexibility index (Phi) is 6.94. The number of rotatable bonds is 7. The van der Waals surface area contributed by atoms with Crippen molar-refractivity contribution in [3.8, 4) is 0 Å². The summed E-state index contributed by atoms with van der Waals surface area (Å²) in [6, 6.07) is 2.75. The molecule has 0 heterocycles. The first kappa shape index (κ1) is 18.7. The van der Waals surface area contributed by atoms with E-state index in [0.29, 0.717) is 16.5 Å². The zero-order valence-electron chi connectivity index (χ0n) is 12.5. The Hall–Kier alpha value is -0.330. The SMILES string of the molecule is CC(C)CCC(C)NS(=O)(=O)c1cc(Cl)cc(CN)c1Cl. The van der Waals surface area contributed by atoms with Crippen LogP contribution in [0.2, 0.25) is 10.0 Å². The van der Waals surface area contributed by atoms with Gasteiger partial charge in [-0.05, 0) is 43.4 Å². The van der Waals surface area contributed by atoms with Crippen molar-refractivity contribution in [3.63, 3.8) is 0 Å². The fourth-order valence-corrected chi connectivity index (χ4v) is 4.15. The highest BCUT2D eigenvalue weighted by molar-refractivity contribution is 7.89. The molecule has 7 heteroatoms. The number of halogens is 2. The van der Waals surface area contributed by atoms with Crippen LogP contribution in [0.3, 0.4) is 0 Å². The molecule has 0 saturated heterocycles. The minimum absolute atomic E-state index is 0.0199. The minimum Gasteiger partial charge on any atom is -0.326 e. The number of hydrogen-bond donors (Lipinski definition) is 2. The van der Waals surface area contributed by atoms with Crippen molar-refractivity contribution in [1.29, 1.82) is 0 Å². The molecule has 0 aliphatic heterocycles. The summed E-state index contributed by atoms with van der Waals surface area (Å²) < 4.78 is 27.5. The van der Waals surface area contributed by atoms with E-state index in [2.05, 4.69) is 18.6 Å². The maximum atomic E-state index is 12.4. The second-order valence-corrected chi connectivity index (χ2v) is 8.07. The normalized spacial score (nSPS) is 13.7. The van der Waals surface area contributed by atoms with Gasteiger partial charge in [-0.2, -0.15) is 0 Å². The number of nitrogens with one attached hydrogen (secondary N) is 1. The lowest BCUT2D eigenvalue weighted by Gasteiger charge is -2.17. The van der Waals surface area contributed by atoms with Gasteiger partial charge in [0.15, 0.2) is 0 Å². The van der Waals surface area contributed by atoms with E-state index in [1.807, 2.05) is 6.92 Å². The maximum Gasteiger partial charge on any atom is 0.242 e. The molecule has 0 fully saturated rings. The van der Waals surface area contributed by atoms with Crippen LogP contribution in [-0.4, -0.2) is 14.5 Å². The highest BCUT2D eigenvalue weighted by atomic mass is 35.5. The number of nitrogens with two attached hydrogens (primary N) is 1. The van der Waals surface area contributed by atoms with Crippen LogP contribution in [0.1, 0.15) is 39.2 Å². The molecular weight excluding hydrogens is 331 g/mol. The third kappa shape index (κ3) is 5.42. The molecule has 120 valence electrons. The van der Waals surface area contributed by atoms with Gasteiger partial charge in [0.2, 0.25) is 10.0 Å². The van der Waals surface area contributed by atoms with Crippen LogP contribution in [0, 0.1) is 5.92 Å². The van der Waals surface area contributed by atoms with Gasteiger partial charge < -0.3 is 5.73 Å². The summed E-state index contributed by atoms with van der Waals surface area (Å²) >= 11 is 12.1. The Morgan fingerprint density at radius 1 is 1.19 bits per heavy atom. The molecule has 1 atom stereocenters. The topological polar surface area (TPSA) is 72.2 Å². The lowest BCUT2D eigenvalue weighted by Crippen LogP contribution is -2.33. The van der Waals surface area contributed by atoms with Crippen LogP contribution in [0.15, 0.2) is 17.0 Å². The van der Waals surface area contributed by atoms with E-state index >= 15 is 0 Å². The first-order chi connectivity index (χ1) is 9.67. The minimum atomic E-state index is -3.72. The summed E-state index contributed by atoms with van der Waals surface area (Å²) in [5.74, 6) is 0.524. The quantitative estimate of drug-likeness (QED) is 0.787. The van der Waals surface area contributed by atoms with E-state index in [1.165, 1.54) is 6.07 Å². The van der Waals surface area contributed by atoms with Gasteiger partial charge in [0.25, 0.3) is 0 Å². The summed E-state index contributed by atoms with van der Waals surface area (Å²) in [5.41, 5.74) is 6.07. The van der Waals surface area contributed by atoms with E-state index in [1.54, 1.807) is 6.07 Å². The van der Waals surface area contributed by atoms with Crippen LogP contribution in [0.5, 0.6) is 0 Å². The van der Waals surface area contributed by atoms with Crippen molar-refractivity contribution in [3.05, 3.63) is 27.7 Å². The number of benzene rings is 1. The standard InChI is InChI=1S/C14H22Cl2N2O2S/c1-9(2)4-5-10(3)18-21(19,20)13-7-12(15)6-11(8-17)14(13)16/h6-7,9-10,18H,4-5,8,17H2,1-3H3. The van der Waals surface area contributed by atoms with Crippen molar-refractivity contribution < 1.29 is 8.42 Å². The van der Waals surface area contributed by atoms with E-state index in [0.717, 1.165) is 12.8 Å². The van der Waals surface area contributed by atoms with Crippen LogP contribution in [0.25, 0.3) is 0 Å². The monoisotopic (exact) mass is 352 g/mol. The van der Waals surface area contributed by atoms with Gasteiger partial charge in [-0.1, -0.05) is 37.0 Å². The highest BCUT2D eigenvalue weighted by Crippen LogP contribution is 2.29. The van der Waals surface area contributed by atoms with E-state index in [4.69, 9.17) is 28.9 Å². The molecule has 0 aliphatic carbocycles. The molecule has 1 aromatic rings. The van der Waals surface area contributed by atoms with E-state index in [9.17, 15) is 8.42 Å². The Balaban J connectivity index is 3.00. The van der Waals surface area contributed by atoms with Gasteiger partial charge in [-0.15, -0.1) is 0 Å². The molecule has 3 N–H and O–H groups in total. The van der Waals surface area contributed by atoms with Gasteiger partial charge in [0.05, 0.1) is 5.02 Å². The molecule has 1 aromatic carbocycles. The molecule has 1 rings (SSSR count). The Morgan fingerprint density at radius 3 is 2.33 bits per heavy atom. The molecule has 0 spiro atoms. The van der Waals surface area contributed by atoms with E-state index in [-0.39, 0.29) is 22.5 Å². The van der Waals surface area contributed by atoms with Gasteiger partial charge in [0, 0.05) is 17.6 Å². The smallest absolute Gasteiger partial charge is 0.242 e. The van der Waals surface area contributed by atoms with Crippen LogP contribution >= 0.6 is 23.2 Å². The predicted molar refractivity (Wildman–Crippen MR) is 88.2 cm³/mol. The lowest BCUT2D eigenvalue weighted by molar-refractivity contribution is 0.485. The summed E-state index contributed by atoms with van der Waals surface area (Å²) in [6.07, 6.45) is 1.71. The Morgan fingerprint density at radius 2 is 1.81 bits per heavy atom. The van der Waals surface area contributed by atoms with Crippen molar-refractivity contribution >= 4 is 33.2 Å². The summed E-state index contributed by atoms with van der Waals surface area (Å²) in [7, 11) is -3.72. The lowest BCUT2D eigenvalue weighted by atomic mass is 10.1. The Bertz CT molecular complexity index is 589. The van der Waals surface area contributed by atoms with Crippen LogP contribution < -0.4 is 10.5 Å². The molecule has 0 amide bonds. The number of hydrogen-bond acceptors (Lipinski definition) is 3. The van der Waals surface area contributed by atoms with Gasteiger partial charge in [0.1, 0.15) is 4.90 Å². The molecule has 1 unspecified atom stereocenters. The molecule has 0 saturated carbocycles. The van der Waals surface area contributed by atoms with Crippen molar-refractivity contribution in [2.75, 3.05) is 0 Å². The fourth-order valence-electron chi connectivity index (χ4n) is 1.93. The summed E-state index contributed by atoms with van der Waals surface area (Å²) in [5, 5.41) is 0.431. The number of sulfonamides is 1. The molecule has 0 aromatic heterocycles. The van der Waals surface area contributed by atoms with Crippen molar-refractivity contribution in [2.45, 2.75) is 51.1 Å². The Labute approximate surface area is 137 Å². The zero-order chi connectivity index (χ0) is 16.2. The second-order valence-electron chi connectivity index (χ2n) is 5.57. The molecule has 0 bridgehead atoms. The summed E-state index contributed by atoms with van der Waals surface area (Å²) in [6.45, 7) is 6.16. The first-order valence-corrected chi connectivity index (χ1v) is 9.11. The van der Waals surface area contributed by atoms with Crippen LogP contribution in [0.4, 0.5) is 0 Å². The van der Waals surface area contributed by atoms with E-state index < -0.39 is 10.0 Å². The second kappa shape index (κ2) is 7.79. The van der Waals surface area contributed by atoms with Crippen molar-refractivity contribution in [1.82, 2.24) is 4.72 Å². The highest BCUT2D eigenvalue weighted by Gasteiger charge is 2.22. The largest absolute Gasteiger partial charge is 0.326 e. The predicted octanol–water partition coefficient (Wildman–Crippen LogP) is 3.56. The average Bonchev–Trinajstić information content (AvgIpc) is 2.38. The zero-order valence-corrected chi connectivity index (χ0v) is 14.8. The molecule has 0 radical (unpaired) electrons. The third-order valence-corrected chi connectivity index (χ3v) is 5.51. The average molecular weight is 353 g/mol. The molecular formula is C14H22Cl2N2O2S. The molecule has 4 nitrogen and oxygen atoms in total. The van der Waals surface area contributed by atoms with Crippen molar-refractivity contribution in [2.24, 2.45) is 11.7 Å². The summed E-state index contributed by atoms with van der Waals surface area (Å²) in [4.78, 5) is -0.0199. The van der Waals surface area contributed by atoms with Gasteiger partial charge >= 0.3 is 0 Å². The fraction of sp³-hybridized carbons (Fsp3) is 0.571.